The fourth-order valence-electron chi connectivity index (χ4n) is 5.34. The minimum absolute atomic E-state index is 0.0703. The third kappa shape index (κ3) is 6.38. The molecule has 0 radical (unpaired) electrons. The molecule has 0 bridgehead atoms. The van der Waals surface area contributed by atoms with Crippen LogP contribution in [0.5, 0.6) is 0 Å². The maximum Gasteiger partial charge on any atom is 0.336 e. The molecular formula is C31H36N2O6. The first-order chi connectivity index (χ1) is 18.8. The van der Waals surface area contributed by atoms with E-state index in [2.05, 4.69) is 0 Å². The van der Waals surface area contributed by atoms with Crippen LogP contribution >= 0.6 is 0 Å². The van der Waals surface area contributed by atoms with Crippen LogP contribution in [0.15, 0.2) is 65.9 Å². The molecule has 0 aliphatic carbocycles. The fourth-order valence-corrected chi connectivity index (χ4v) is 5.34. The van der Waals surface area contributed by atoms with Crippen molar-refractivity contribution in [3.05, 3.63) is 82.6 Å². The minimum Gasteiger partial charge on any atom is -0.466 e. The smallest absolute Gasteiger partial charge is 0.336 e. The number of piperidine rings is 1. The molecule has 1 atom stereocenters. The lowest BCUT2D eigenvalue weighted by molar-refractivity contribution is -0.149. The summed E-state index contributed by atoms with van der Waals surface area (Å²) < 4.78 is 10.5. The van der Waals surface area contributed by atoms with Gasteiger partial charge in [-0.15, -0.1) is 0 Å². The van der Waals surface area contributed by atoms with E-state index in [0.29, 0.717) is 49.4 Å². The standard InChI is InChI=1S/C31H36N2O6/c1-4-38-30(36)25-15-17-32(18-16-25)29(35)24-13-11-22(12-14-24)20-33-21(3)28(31(37)39-5-2)26(19-27(33)34)23-9-7-6-8-10-23/h6-14,25-26H,4-5,15-20H2,1-3H3. The van der Waals surface area contributed by atoms with Crippen LogP contribution in [0.1, 0.15) is 67.4 Å². The summed E-state index contributed by atoms with van der Waals surface area (Å²) in [5.41, 5.74) is 3.40. The summed E-state index contributed by atoms with van der Waals surface area (Å²) in [6.07, 6.45) is 1.37. The van der Waals surface area contributed by atoms with Gasteiger partial charge in [-0.3, -0.25) is 14.4 Å². The Kier molecular flexibility index (Phi) is 9.17. The van der Waals surface area contributed by atoms with Crippen molar-refractivity contribution in [2.75, 3.05) is 26.3 Å². The molecule has 4 rings (SSSR count). The van der Waals surface area contributed by atoms with E-state index >= 15 is 0 Å². The summed E-state index contributed by atoms with van der Waals surface area (Å²) in [4.78, 5) is 54.7. The number of carbonyl (C=O) groups is 4. The molecule has 39 heavy (non-hydrogen) atoms. The molecular weight excluding hydrogens is 496 g/mol. The Morgan fingerprint density at radius 2 is 1.54 bits per heavy atom. The van der Waals surface area contributed by atoms with Gasteiger partial charge in [0.25, 0.3) is 5.91 Å². The van der Waals surface area contributed by atoms with E-state index in [1.165, 1.54) is 0 Å². The molecule has 2 amide bonds. The Morgan fingerprint density at radius 1 is 0.897 bits per heavy atom. The number of hydrogen-bond acceptors (Lipinski definition) is 6. The maximum absolute atomic E-state index is 13.3. The van der Waals surface area contributed by atoms with Gasteiger partial charge in [0.15, 0.2) is 0 Å². The Morgan fingerprint density at radius 3 is 2.15 bits per heavy atom. The van der Waals surface area contributed by atoms with Gasteiger partial charge in [-0.05, 0) is 56.9 Å². The molecule has 2 aromatic carbocycles. The van der Waals surface area contributed by atoms with Crippen LogP contribution in [0.4, 0.5) is 0 Å². The summed E-state index contributed by atoms with van der Waals surface area (Å²) in [7, 11) is 0. The van der Waals surface area contributed by atoms with E-state index in [9.17, 15) is 19.2 Å². The number of carbonyl (C=O) groups excluding carboxylic acids is 4. The molecule has 1 unspecified atom stereocenters. The first kappa shape index (κ1) is 28.1. The number of benzene rings is 2. The minimum atomic E-state index is -0.408. The van der Waals surface area contributed by atoms with Crippen molar-refractivity contribution in [1.29, 1.82) is 0 Å². The molecule has 2 aliphatic heterocycles. The number of amides is 2. The molecule has 0 N–H and O–H groups in total. The Balaban J connectivity index is 1.47. The molecule has 206 valence electrons. The van der Waals surface area contributed by atoms with Gasteiger partial charge in [0.2, 0.25) is 5.91 Å². The van der Waals surface area contributed by atoms with Gasteiger partial charge in [0.05, 0.1) is 31.2 Å². The second-order valence-corrected chi connectivity index (χ2v) is 9.88. The van der Waals surface area contributed by atoms with E-state index in [1.807, 2.05) is 42.5 Å². The molecule has 2 aliphatic rings. The summed E-state index contributed by atoms with van der Waals surface area (Å²) in [5.74, 6) is -1.26. The highest BCUT2D eigenvalue weighted by Gasteiger charge is 2.37. The summed E-state index contributed by atoms with van der Waals surface area (Å²) >= 11 is 0. The second-order valence-electron chi connectivity index (χ2n) is 9.88. The zero-order valence-corrected chi connectivity index (χ0v) is 22.9. The average Bonchev–Trinajstić information content (AvgIpc) is 2.95. The maximum atomic E-state index is 13.3. The first-order valence-electron chi connectivity index (χ1n) is 13.6. The molecule has 0 saturated carbocycles. The molecule has 8 heteroatoms. The predicted molar refractivity (Wildman–Crippen MR) is 145 cm³/mol. The molecule has 1 saturated heterocycles. The number of nitrogens with zero attached hydrogens (tertiary/aromatic N) is 2. The molecule has 0 spiro atoms. The quantitative estimate of drug-likeness (QED) is 0.466. The molecule has 2 heterocycles. The highest BCUT2D eigenvalue weighted by atomic mass is 16.5. The van der Waals surface area contributed by atoms with Crippen molar-refractivity contribution >= 4 is 23.8 Å². The van der Waals surface area contributed by atoms with Gasteiger partial charge in [0, 0.05) is 36.7 Å². The predicted octanol–water partition coefficient (Wildman–Crippen LogP) is 4.46. The summed E-state index contributed by atoms with van der Waals surface area (Å²) in [6, 6.07) is 16.8. The zero-order valence-electron chi connectivity index (χ0n) is 22.9. The van der Waals surface area contributed by atoms with Crippen LogP contribution in [0.3, 0.4) is 0 Å². The second kappa shape index (κ2) is 12.7. The van der Waals surface area contributed by atoms with Gasteiger partial charge in [-0.2, -0.15) is 0 Å². The van der Waals surface area contributed by atoms with Crippen LogP contribution in [-0.4, -0.2) is 59.9 Å². The summed E-state index contributed by atoms with van der Waals surface area (Å²) in [6.45, 7) is 7.26. The summed E-state index contributed by atoms with van der Waals surface area (Å²) in [5, 5.41) is 0. The van der Waals surface area contributed by atoms with E-state index in [-0.39, 0.29) is 49.2 Å². The molecule has 2 aromatic rings. The number of likely N-dealkylation sites (tertiary alicyclic amines) is 1. The van der Waals surface area contributed by atoms with Crippen LogP contribution in [0, 0.1) is 5.92 Å². The van der Waals surface area contributed by atoms with Gasteiger partial charge in [-0.1, -0.05) is 42.5 Å². The van der Waals surface area contributed by atoms with Crippen molar-refractivity contribution in [3.8, 4) is 0 Å². The third-order valence-electron chi connectivity index (χ3n) is 7.46. The normalized spacial score (nSPS) is 18.2. The third-order valence-corrected chi connectivity index (χ3v) is 7.46. The largest absolute Gasteiger partial charge is 0.466 e. The number of esters is 2. The molecule has 1 fully saturated rings. The van der Waals surface area contributed by atoms with E-state index in [1.54, 1.807) is 42.7 Å². The van der Waals surface area contributed by atoms with Crippen molar-refractivity contribution in [1.82, 2.24) is 9.80 Å². The highest BCUT2D eigenvalue weighted by Crippen LogP contribution is 2.37. The van der Waals surface area contributed by atoms with Gasteiger partial charge in [-0.25, -0.2) is 4.79 Å². The fraction of sp³-hybridized carbons (Fsp3) is 0.419. The van der Waals surface area contributed by atoms with E-state index < -0.39 is 5.97 Å². The Bertz CT molecular complexity index is 1230. The highest BCUT2D eigenvalue weighted by molar-refractivity contribution is 5.96. The molecule has 8 nitrogen and oxygen atoms in total. The van der Waals surface area contributed by atoms with Crippen molar-refractivity contribution in [3.63, 3.8) is 0 Å². The van der Waals surface area contributed by atoms with Crippen LogP contribution in [-0.2, 0) is 30.4 Å². The van der Waals surface area contributed by atoms with Gasteiger partial charge in [0.1, 0.15) is 0 Å². The zero-order chi connectivity index (χ0) is 27.9. The molecule has 0 aromatic heterocycles. The Hall–Kier alpha value is -3.94. The van der Waals surface area contributed by atoms with Crippen LogP contribution < -0.4 is 0 Å². The first-order valence-corrected chi connectivity index (χ1v) is 13.6. The van der Waals surface area contributed by atoms with Crippen molar-refractivity contribution < 1.29 is 28.7 Å². The van der Waals surface area contributed by atoms with E-state index in [4.69, 9.17) is 9.47 Å². The number of hydrogen-bond donors (Lipinski definition) is 0. The lowest BCUT2D eigenvalue weighted by Crippen LogP contribution is -2.40. The number of allylic oxidation sites excluding steroid dienone is 1. The van der Waals surface area contributed by atoms with Crippen molar-refractivity contribution in [2.24, 2.45) is 5.92 Å². The number of ether oxygens (including phenoxy) is 2. The Labute approximate surface area is 229 Å². The lowest BCUT2D eigenvalue weighted by atomic mass is 9.83. The monoisotopic (exact) mass is 532 g/mol. The van der Waals surface area contributed by atoms with E-state index in [0.717, 1.165) is 11.1 Å². The van der Waals surface area contributed by atoms with Gasteiger partial charge >= 0.3 is 11.9 Å². The van der Waals surface area contributed by atoms with Gasteiger partial charge < -0.3 is 19.3 Å². The number of rotatable bonds is 8. The van der Waals surface area contributed by atoms with Crippen molar-refractivity contribution in [2.45, 2.75) is 52.5 Å². The average molecular weight is 533 g/mol. The van der Waals surface area contributed by atoms with Crippen LogP contribution in [0.2, 0.25) is 0 Å². The lowest BCUT2D eigenvalue weighted by Gasteiger charge is -2.34. The topological polar surface area (TPSA) is 93.2 Å². The van der Waals surface area contributed by atoms with Crippen LogP contribution in [0.25, 0.3) is 0 Å². The SMILES string of the molecule is CCOC(=O)C1=C(C)N(Cc2ccc(C(=O)N3CCC(C(=O)OCC)CC3)cc2)C(=O)CC1c1ccccc1.